The van der Waals surface area contributed by atoms with Crippen LogP contribution >= 0.6 is 11.6 Å². The highest BCUT2D eigenvalue weighted by Gasteiger charge is 2.17. The average molecular weight is 476 g/mol. The van der Waals surface area contributed by atoms with E-state index in [0.717, 1.165) is 18.4 Å². The number of amides is 1. The number of halogens is 1. The standard InChI is InChI=1S/C27H26ClN3O3/c1-19(12-13-20-8-4-2-5-9-20)29-25(32)18-31-24-16-22(28)14-15-23(24)30(26(33)27(31)34)17-21-10-6-3-7-11-21/h2-11,14-16,19H,12-13,17-18H2,1H3,(H,29,32)/t19-/m1/s1. The largest absolute Gasteiger partial charge is 0.352 e. The number of hydrogen-bond donors (Lipinski definition) is 1. The van der Waals surface area contributed by atoms with Gasteiger partial charge in [-0.25, -0.2) is 0 Å². The summed E-state index contributed by atoms with van der Waals surface area (Å²) >= 11 is 6.21. The second-order valence-corrected chi connectivity index (χ2v) is 8.83. The van der Waals surface area contributed by atoms with Gasteiger partial charge in [0.25, 0.3) is 0 Å². The van der Waals surface area contributed by atoms with Crippen LogP contribution in [0.5, 0.6) is 0 Å². The normalized spacial score (nSPS) is 11.9. The number of benzene rings is 3. The van der Waals surface area contributed by atoms with Gasteiger partial charge in [-0.15, -0.1) is 0 Å². The van der Waals surface area contributed by atoms with E-state index in [9.17, 15) is 14.4 Å². The molecule has 1 N–H and O–H groups in total. The number of nitrogens with zero attached hydrogens (tertiary/aromatic N) is 2. The fraction of sp³-hybridized carbons (Fsp3) is 0.222. The second-order valence-electron chi connectivity index (χ2n) is 8.39. The SMILES string of the molecule is C[C@H](CCc1ccccc1)NC(=O)Cn1c(=O)c(=O)n(Cc2ccccc2)c2ccc(Cl)cc21. The minimum atomic E-state index is -0.752. The lowest BCUT2D eigenvalue weighted by molar-refractivity contribution is -0.122. The first-order valence-corrected chi connectivity index (χ1v) is 11.6. The number of rotatable bonds is 8. The Labute approximate surface area is 202 Å². The molecule has 1 heterocycles. The van der Waals surface area contributed by atoms with E-state index in [-0.39, 0.29) is 25.0 Å². The summed E-state index contributed by atoms with van der Waals surface area (Å²) < 4.78 is 2.64. The van der Waals surface area contributed by atoms with E-state index in [1.807, 2.05) is 55.5 Å². The number of carbonyl (C=O) groups excluding carboxylic acids is 1. The molecular formula is C27H26ClN3O3. The van der Waals surface area contributed by atoms with Crippen LogP contribution in [0.3, 0.4) is 0 Å². The predicted molar refractivity (Wildman–Crippen MR) is 135 cm³/mol. The maximum Gasteiger partial charge on any atom is 0.317 e. The number of aryl methyl sites for hydroxylation is 1. The van der Waals surface area contributed by atoms with Crippen molar-refractivity contribution in [3.05, 3.63) is 116 Å². The Balaban J connectivity index is 1.58. The first kappa shape index (κ1) is 23.5. The molecule has 0 aliphatic heterocycles. The van der Waals surface area contributed by atoms with Crippen LogP contribution in [0.1, 0.15) is 24.5 Å². The Hall–Kier alpha value is -3.64. The van der Waals surface area contributed by atoms with Gasteiger partial charge >= 0.3 is 11.1 Å². The van der Waals surface area contributed by atoms with Crippen LogP contribution in [0.25, 0.3) is 11.0 Å². The van der Waals surface area contributed by atoms with E-state index >= 15 is 0 Å². The van der Waals surface area contributed by atoms with Crippen molar-refractivity contribution < 1.29 is 4.79 Å². The molecule has 174 valence electrons. The van der Waals surface area contributed by atoms with Gasteiger partial charge in [-0.1, -0.05) is 72.3 Å². The highest BCUT2D eigenvalue weighted by molar-refractivity contribution is 6.31. The summed E-state index contributed by atoms with van der Waals surface area (Å²) in [5.74, 6) is -0.329. The third-order valence-corrected chi connectivity index (χ3v) is 6.03. The Morgan fingerprint density at radius 2 is 1.47 bits per heavy atom. The number of nitrogens with one attached hydrogen (secondary N) is 1. The van der Waals surface area contributed by atoms with Gasteiger partial charge in [0.05, 0.1) is 17.6 Å². The number of fused-ring (bicyclic) bond motifs is 1. The molecule has 4 aromatic rings. The lowest BCUT2D eigenvalue weighted by Crippen LogP contribution is -2.45. The van der Waals surface area contributed by atoms with E-state index in [1.54, 1.807) is 18.2 Å². The van der Waals surface area contributed by atoms with E-state index in [1.165, 1.54) is 14.7 Å². The van der Waals surface area contributed by atoms with Gasteiger partial charge in [0.15, 0.2) is 0 Å². The zero-order chi connectivity index (χ0) is 24.1. The van der Waals surface area contributed by atoms with Crippen molar-refractivity contribution in [3.8, 4) is 0 Å². The summed E-state index contributed by atoms with van der Waals surface area (Å²) in [4.78, 5) is 38.9. The lowest BCUT2D eigenvalue weighted by atomic mass is 10.1. The minimum absolute atomic E-state index is 0.0864. The molecule has 0 unspecified atom stereocenters. The molecular weight excluding hydrogens is 450 g/mol. The number of hydrogen-bond acceptors (Lipinski definition) is 3. The van der Waals surface area contributed by atoms with Crippen molar-refractivity contribution in [2.24, 2.45) is 0 Å². The Morgan fingerprint density at radius 3 is 2.15 bits per heavy atom. The van der Waals surface area contributed by atoms with Crippen LogP contribution in [0.4, 0.5) is 0 Å². The summed E-state index contributed by atoms with van der Waals surface area (Å²) in [7, 11) is 0. The molecule has 0 saturated carbocycles. The van der Waals surface area contributed by atoms with Gasteiger partial charge < -0.3 is 5.32 Å². The molecule has 0 aliphatic carbocycles. The first-order chi connectivity index (χ1) is 16.4. The molecule has 4 rings (SSSR count). The molecule has 0 spiro atoms. The molecule has 0 radical (unpaired) electrons. The second kappa shape index (κ2) is 10.5. The van der Waals surface area contributed by atoms with Crippen LogP contribution in [-0.4, -0.2) is 21.1 Å². The van der Waals surface area contributed by atoms with E-state index in [0.29, 0.717) is 16.1 Å². The summed E-state index contributed by atoms with van der Waals surface area (Å²) in [6.45, 7) is 1.92. The van der Waals surface area contributed by atoms with E-state index < -0.39 is 11.1 Å². The molecule has 3 aromatic carbocycles. The molecule has 1 atom stereocenters. The summed E-state index contributed by atoms with van der Waals surface area (Å²) in [6, 6.07) is 24.4. The molecule has 7 heteroatoms. The number of aromatic nitrogens is 2. The van der Waals surface area contributed by atoms with Crippen LogP contribution in [0.2, 0.25) is 5.02 Å². The molecule has 0 fully saturated rings. The maximum absolute atomic E-state index is 13.0. The topological polar surface area (TPSA) is 73.1 Å². The highest BCUT2D eigenvalue weighted by Crippen LogP contribution is 2.18. The summed E-state index contributed by atoms with van der Waals surface area (Å²) in [5.41, 5.74) is 1.65. The molecule has 34 heavy (non-hydrogen) atoms. The molecule has 0 bridgehead atoms. The molecule has 0 saturated heterocycles. The predicted octanol–water partition coefficient (Wildman–Crippen LogP) is 4.00. The van der Waals surface area contributed by atoms with Gasteiger partial charge in [-0.2, -0.15) is 0 Å². The van der Waals surface area contributed by atoms with Gasteiger partial charge in [0.2, 0.25) is 5.91 Å². The van der Waals surface area contributed by atoms with Gasteiger partial charge in [-0.3, -0.25) is 23.5 Å². The third kappa shape index (κ3) is 5.46. The van der Waals surface area contributed by atoms with Gasteiger partial charge in [0, 0.05) is 11.1 Å². The fourth-order valence-electron chi connectivity index (χ4n) is 4.03. The Morgan fingerprint density at radius 1 is 0.853 bits per heavy atom. The average Bonchev–Trinajstić information content (AvgIpc) is 2.84. The molecule has 1 amide bonds. The van der Waals surface area contributed by atoms with Gasteiger partial charge in [-0.05, 0) is 49.1 Å². The van der Waals surface area contributed by atoms with Crippen LogP contribution in [-0.2, 0) is 24.3 Å². The lowest BCUT2D eigenvalue weighted by Gasteiger charge is -2.17. The Kier molecular flexibility index (Phi) is 7.28. The van der Waals surface area contributed by atoms with Crippen molar-refractivity contribution in [2.45, 2.75) is 38.9 Å². The zero-order valence-corrected chi connectivity index (χ0v) is 19.7. The Bertz CT molecular complexity index is 1410. The van der Waals surface area contributed by atoms with E-state index in [4.69, 9.17) is 11.6 Å². The monoisotopic (exact) mass is 475 g/mol. The van der Waals surface area contributed by atoms with Crippen molar-refractivity contribution in [1.82, 2.24) is 14.5 Å². The van der Waals surface area contributed by atoms with Gasteiger partial charge in [0.1, 0.15) is 6.54 Å². The molecule has 1 aromatic heterocycles. The summed E-state index contributed by atoms with van der Waals surface area (Å²) in [6.07, 6.45) is 1.59. The highest BCUT2D eigenvalue weighted by atomic mass is 35.5. The van der Waals surface area contributed by atoms with Crippen molar-refractivity contribution in [3.63, 3.8) is 0 Å². The zero-order valence-electron chi connectivity index (χ0n) is 18.9. The molecule has 6 nitrogen and oxygen atoms in total. The quantitative estimate of drug-likeness (QED) is 0.391. The minimum Gasteiger partial charge on any atom is -0.352 e. The summed E-state index contributed by atoms with van der Waals surface area (Å²) in [5, 5.41) is 3.36. The van der Waals surface area contributed by atoms with Crippen LogP contribution in [0.15, 0.2) is 88.5 Å². The molecule has 0 aliphatic rings. The van der Waals surface area contributed by atoms with Crippen molar-refractivity contribution in [2.75, 3.05) is 0 Å². The van der Waals surface area contributed by atoms with Crippen molar-refractivity contribution >= 4 is 28.5 Å². The smallest absolute Gasteiger partial charge is 0.317 e. The van der Waals surface area contributed by atoms with E-state index in [2.05, 4.69) is 17.4 Å². The number of carbonyl (C=O) groups is 1. The first-order valence-electron chi connectivity index (χ1n) is 11.2. The maximum atomic E-state index is 13.0. The van der Waals surface area contributed by atoms with Crippen LogP contribution < -0.4 is 16.4 Å². The third-order valence-electron chi connectivity index (χ3n) is 5.79. The fourth-order valence-corrected chi connectivity index (χ4v) is 4.20. The van der Waals surface area contributed by atoms with Crippen molar-refractivity contribution in [1.29, 1.82) is 0 Å². The van der Waals surface area contributed by atoms with Crippen LogP contribution in [0, 0.1) is 0 Å².